The molecule has 0 fully saturated rings. The number of carbonyl (C=O) groups is 1. The van der Waals surface area contributed by atoms with Crippen LogP contribution in [0.15, 0.2) is 51.7 Å². The maximum Gasteiger partial charge on any atom is 0.287 e. The summed E-state index contributed by atoms with van der Waals surface area (Å²) in [7, 11) is 0. The molecule has 0 aliphatic heterocycles. The van der Waals surface area contributed by atoms with Crippen LogP contribution >= 0.6 is 0 Å². The number of hydrogen-bond acceptors (Lipinski definition) is 4. The summed E-state index contributed by atoms with van der Waals surface area (Å²) < 4.78 is 5.66. The van der Waals surface area contributed by atoms with E-state index < -0.39 is 5.91 Å². The lowest BCUT2D eigenvalue weighted by atomic mass is 10.1. The molecule has 0 bridgehead atoms. The van der Waals surface area contributed by atoms with Crippen LogP contribution < -0.4 is 10.7 Å². The Morgan fingerprint density at radius 2 is 1.93 bits per heavy atom. The fourth-order valence-corrected chi connectivity index (χ4v) is 3.03. The molecule has 2 aromatic heterocycles. The molecule has 136 valence electrons. The minimum atomic E-state index is -0.414. The summed E-state index contributed by atoms with van der Waals surface area (Å²) in [5.41, 5.74) is 4.08. The van der Waals surface area contributed by atoms with E-state index in [0.717, 1.165) is 28.0 Å². The molecule has 4 rings (SSSR count). The predicted octanol–water partition coefficient (Wildman–Crippen LogP) is 3.26. The SMILES string of the molecule is Cc1cc2oc(C(=O)NCCc3nc4ccccc4[nH]3)cc(=O)c2cc1C. The van der Waals surface area contributed by atoms with Gasteiger partial charge in [-0.15, -0.1) is 0 Å². The van der Waals surface area contributed by atoms with Crippen molar-refractivity contribution in [2.45, 2.75) is 20.3 Å². The number of amides is 1. The first kappa shape index (κ1) is 17.0. The van der Waals surface area contributed by atoms with E-state index in [4.69, 9.17) is 4.42 Å². The molecule has 6 heteroatoms. The van der Waals surface area contributed by atoms with Gasteiger partial charge in [0.05, 0.1) is 16.4 Å². The maximum absolute atomic E-state index is 12.4. The highest BCUT2D eigenvalue weighted by Crippen LogP contribution is 2.18. The largest absolute Gasteiger partial charge is 0.451 e. The Hall–Kier alpha value is -3.41. The third kappa shape index (κ3) is 3.33. The Bertz CT molecular complexity index is 1190. The summed E-state index contributed by atoms with van der Waals surface area (Å²) in [6.07, 6.45) is 0.552. The van der Waals surface area contributed by atoms with Gasteiger partial charge in [-0.2, -0.15) is 0 Å². The highest BCUT2D eigenvalue weighted by molar-refractivity contribution is 5.93. The zero-order valence-corrected chi connectivity index (χ0v) is 15.1. The van der Waals surface area contributed by atoms with Gasteiger partial charge < -0.3 is 14.7 Å². The van der Waals surface area contributed by atoms with Crippen LogP contribution in [0.5, 0.6) is 0 Å². The van der Waals surface area contributed by atoms with E-state index >= 15 is 0 Å². The first-order chi connectivity index (χ1) is 13.0. The predicted molar refractivity (Wildman–Crippen MR) is 104 cm³/mol. The number of carbonyl (C=O) groups excluding carboxylic acids is 1. The lowest BCUT2D eigenvalue weighted by molar-refractivity contribution is 0.0927. The van der Waals surface area contributed by atoms with Crippen LogP contribution in [0.3, 0.4) is 0 Å². The molecule has 1 amide bonds. The number of aromatic amines is 1. The van der Waals surface area contributed by atoms with Gasteiger partial charge in [0.25, 0.3) is 5.91 Å². The van der Waals surface area contributed by atoms with Crippen LogP contribution in [0.1, 0.15) is 27.5 Å². The molecule has 0 aliphatic carbocycles. The van der Waals surface area contributed by atoms with Crippen LogP contribution in [0.2, 0.25) is 0 Å². The number of nitrogens with one attached hydrogen (secondary N) is 2. The Morgan fingerprint density at radius 1 is 1.15 bits per heavy atom. The number of rotatable bonds is 4. The van der Waals surface area contributed by atoms with Gasteiger partial charge in [-0.05, 0) is 49.2 Å². The number of nitrogens with zero attached hydrogens (tertiary/aromatic N) is 1. The average Bonchev–Trinajstić information content (AvgIpc) is 3.06. The Balaban J connectivity index is 1.49. The van der Waals surface area contributed by atoms with Gasteiger partial charge in [-0.1, -0.05) is 12.1 Å². The van der Waals surface area contributed by atoms with Gasteiger partial charge in [-0.25, -0.2) is 4.98 Å². The smallest absolute Gasteiger partial charge is 0.287 e. The topological polar surface area (TPSA) is 88.0 Å². The Kier molecular flexibility index (Phi) is 4.24. The third-order valence-corrected chi connectivity index (χ3v) is 4.65. The molecular formula is C21H19N3O3. The van der Waals surface area contributed by atoms with Crippen LogP contribution in [0.4, 0.5) is 0 Å². The van der Waals surface area contributed by atoms with Crippen molar-refractivity contribution in [3.63, 3.8) is 0 Å². The minimum Gasteiger partial charge on any atom is -0.451 e. The van der Waals surface area contributed by atoms with Gasteiger partial charge in [0.15, 0.2) is 11.2 Å². The maximum atomic E-state index is 12.4. The van der Waals surface area contributed by atoms with Crippen LogP contribution in [-0.4, -0.2) is 22.4 Å². The summed E-state index contributed by atoms with van der Waals surface area (Å²) in [4.78, 5) is 32.4. The monoisotopic (exact) mass is 361 g/mol. The quantitative estimate of drug-likeness (QED) is 0.584. The molecule has 2 heterocycles. The number of aryl methyl sites for hydroxylation is 2. The second kappa shape index (κ2) is 6.72. The van der Waals surface area contributed by atoms with Crippen molar-refractivity contribution in [1.82, 2.24) is 15.3 Å². The number of benzene rings is 2. The number of imidazole rings is 1. The normalized spacial score (nSPS) is 11.2. The molecule has 2 N–H and O–H groups in total. The van der Waals surface area contributed by atoms with Crippen LogP contribution in [0.25, 0.3) is 22.0 Å². The van der Waals surface area contributed by atoms with Crippen molar-refractivity contribution >= 4 is 27.9 Å². The summed E-state index contributed by atoms with van der Waals surface area (Å²) in [5.74, 6) is 0.395. The van der Waals surface area contributed by atoms with E-state index in [2.05, 4.69) is 15.3 Å². The summed E-state index contributed by atoms with van der Waals surface area (Å²) >= 11 is 0. The fourth-order valence-electron chi connectivity index (χ4n) is 3.03. The first-order valence-electron chi connectivity index (χ1n) is 8.78. The number of H-pyrrole nitrogens is 1. The van der Waals surface area contributed by atoms with E-state index in [1.807, 2.05) is 38.1 Å². The van der Waals surface area contributed by atoms with E-state index in [-0.39, 0.29) is 11.2 Å². The van der Waals surface area contributed by atoms with Crippen molar-refractivity contribution in [3.8, 4) is 0 Å². The molecule has 0 atom stereocenters. The van der Waals surface area contributed by atoms with Crippen molar-refractivity contribution in [2.24, 2.45) is 0 Å². The number of hydrogen-bond donors (Lipinski definition) is 2. The highest BCUT2D eigenvalue weighted by atomic mass is 16.3. The fraction of sp³-hybridized carbons (Fsp3) is 0.190. The van der Waals surface area contributed by atoms with Gasteiger partial charge in [0.1, 0.15) is 11.4 Å². The lowest BCUT2D eigenvalue weighted by Gasteiger charge is -2.06. The molecule has 27 heavy (non-hydrogen) atoms. The Labute approximate surface area is 155 Å². The van der Waals surface area contributed by atoms with Crippen molar-refractivity contribution < 1.29 is 9.21 Å². The molecule has 6 nitrogen and oxygen atoms in total. The molecule has 4 aromatic rings. The summed E-state index contributed by atoms with van der Waals surface area (Å²) in [6.45, 7) is 4.26. The molecule has 0 unspecified atom stereocenters. The van der Waals surface area contributed by atoms with E-state index in [9.17, 15) is 9.59 Å². The Morgan fingerprint density at radius 3 is 2.74 bits per heavy atom. The van der Waals surface area contributed by atoms with E-state index in [1.54, 1.807) is 12.1 Å². The molecule has 2 aromatic carbocycles. The second-order valence-corrected chi connectivity index (χ2v) is 6.61. The van der Waals surface area contributed by atoms with Gasteiger partial charge in [-0.3, -0.25) is 9.59 Å². The van der Waals surface area contributed by atoms with Crippen LogP contribution in [0, 0.1) is 13.8 Å². The zero-order valence-electron chi connectivity index (χ0n) is 15.1. The molecule has 0 saturated carbocycles. The third-order valence-electron chi connectivity index (χ3n) is 4.65. The lowest BCUT2D eigenvalue weighted by Crippen LogP contribution is -2.26. The standard InChI is InChI=1S/C21H19N3O3/c1-12-9-14-17(25)11-19(27-18(14)10-13(12)2)21(26)22-8-7-20-23-15-5-3-4-6-16(15)24-20/h3-6,9-11H,7-8H2,1-2H3,(H,22,26)(H,23,24). The van der Waals surface area contributed by atoms with Crippen LogP contribution in [-0.2, 0) is 6.42 Å². The molecule has 0 saturated heterocycles. The number of para-hydroxylation sites is 2. The van der Waals surface area contributed by atoms with Crippen molar-refractivity contribution in [3.05, 3.63) is 75.4 Å². The van der Waals surface area contributed by atoms with E-state index in [0.29, 0.717) is 23.9 Å². The molecule has 0 radical (unpaired) electrons. The summed E-state index contributed by atoms with van der Waals surface area (Å²) in [6, 6.07) is 12.6. The van der Waals surface area contributed by atoms with E-state index in [1.165, 1.54) is 6.07 Å². The second-order valence-electron chi connectivity index (χ2n) is 6.61. The summed E-state index contributed by atoms with van der Waals surface area (Å²) in [5, 5.41) is 3.26. The van der Waals surface area contributed by atoms with Gasteiger partial charge in [0.2, 0.25) is 0 Å². The molecule has 0 aliphatic rings. The van der Waals surface area contributed by atoms with Gasteiger partial charge >= 0.3 is 0 Å². The number of aromatic nitrogens is 2. The zero-order chi connectivity index (χ0) is 19.0. The first-order valence-corrected chi connectivity index (χ1v) is 8.78. The number of fused-ring (bicyclic) bond motifs is 2. The minimum absolute atomic E-state index is 0.0142. The highest BCUT2D eigenvalue weighted by Gasteiger charge is 2.13. The van der Waals surface area contributed by atoms with Gasteiger partial charge in [0, 0.05) is 19.0 Å². The molecule has 0 spiro atoms. The van der Waals surface area contributed by atoms with Crippen molar-refractivity contribution in [1.29, 1.82) is 0 Å². The average molecular weight is 361 g/mol. The van der Waals surface area contributed by atoms with Crippen molar-refractivity contribution in [2.75, 3.05) is 6.54 Å². The molecular weight excluding hydrogens is 342 g/mol.